The first-order valence-corrected chi connectivity index (χ1v) is 5.95. The van der Waals surface area contributed by atoms with Crippen LogP contribution in [0, 0.1) is 0 Å². The van der Waals surface area contributed by atoms with E-state index >= 15 is 0 Å². The second-order valence-corrected chi connectivity index (χ2v) is 4.64. The average molecular weight is 295 g/mol. The second kappa shape index (κ2) is 4.75. The molecule has 2 heterocycles. The van der Waals surface area contributed by atoms with Gasteiger partial charge in [-0.15, -0.1) is 0 Å². The summed E-state index contributed by atoms with van der Waals surface area (Å²) in [6.45, 7) is 3.92. The molecule has 5 nitrogen and oxygen atoms in total. The third kappa shape index (κ3) is 2.26. The van der Waals surface area contributed by atoms with Crippen LogP contribution in [0.3, 0.4) is 0 Å². The predicted molar refractivity (Wildman–Crippen MR) is 65.8 cm³/mol. The molecule has 0 fully saturated rings. The Hall–Kier alpha value is -1.56. The number of nitrogens with zero attached hydrogens (tertiary/aromatic N) is 4. The fraction of sp³-hybridized carbons (Fsp3) is 0.273. The van der Waals surface area contributed by atoms with Crippen molar-refractivity contribution in [3.8, 4) is 0 Å². The first-order valence-electron chi connectivity index (χ1n) is 5.16. The lowest BCUT2D eigenvalue weighted by Crippen LogP contribution is -2.15. The SMILES string of the molecule is CC(C)n1ncc(Br)c1C(=O)c1ncccn1. The van der Waals surface area contributed by atoms with Gasteiger partial charge in [-0.2, -0.15) is 5.10 Å². The van der Waals surface area contributed by atoms with Crippen molar-refractivity contribution in [3.63, 3.8) is 0 Å². The molecule has 0 amide bonds. The van der Waals surface area contributed by atoms with E-state index in [1.807, 2.05) is 13.8 Å². The molecule has 2 aromatic heterocycles. The van der Waals surface area contributed by atoms with Crippen LogP contribution < -0.4 is 0 Å². The van der Waals surface area contributed by atoms with Gasteiger partial charge in [-0.05, 0) is 35.8 Å². The summed E-state index contributed by atoms with van der Waals surface area (Å²) in [5.74, 6) is -0.0562. The van der Waals surface area contributed by atoms with E-state index in [9.17, 15) is 4.79 Å². The fourth-order valence-electron chi connectivity index (χ4n) is 1.47. The third-order valence-corrected chi connectivity index (χ3v) is 2.80. The molecular weight excluding hydrogens is 284 g/mol. The topological polar surface area (TPSA) is 60.7 Å². The van der Waals surface area contributed by atoms with E-state index in [1.54, 1.807) is 29.3 Å². The van der Waals surface area contributed by atoms with Gasteiger partial charge >= 0.3 is 0 Å². The molecule has 0 atom stereocenters. The molecule has 0 aromatic carbocycles. The molecule has 0 aliphatic heterocycles. The van der Waals surface area contributed by atoms with Crippen LogP contribution in [0.15, 0.2) is 29.1 Å². The van der Waals surface area contributed by atoms with Crippen LogP contribution >= 0.6 is 15.9 Å². The van der Waals surface area contributed by atoms with Crippen molar-refractivity contribution in [1.82, 2.24) is 19.7 Å². The van der Waals surface area contributed by atoms with Gasteiger partial charge in [0.25, 0.3) is 0 Å². The van der Waals surface area contributed by atoms with Crippen molar-refractivity contribution in [1.29, 1.82) is 0 Å². The van der Waals surface area contributed by atoms with E-state index in [-0.39, 0.29) is 17.6 Å². The van der Waals surface area contributed by atoms with Gasteiger partial charge in [0.15, 0.2) is 0 Å². The van der Waals surface area contributed by atoms with Crippen molar-refractivity contribution in [2.45, 2.75) is 19.9 Å². The van der Waals surface area contributed by atoms with E-state index in [0.717, 1.165) is 0 Å². The first kappa shape index (κ1) is 11.9. The van der Waals surface area contributed by atoms with Gasteiger partial charge in [-0.25, -0.2) is 9.97 Å². The van der Waals surface area contributed by atoms with E-state index in [0.29, 0.717) is 10.2 Å². The Morgan fingerprint density at radius 1 is 1.35 bits per heavy atom. The Kier molecular flexibility index (Phi) is 3.33. The van der Waals surface area contributed by atoms with Gasteiger partial charge in [0.1, 0.15) is 5.69 Å². The summed E-state index contributed by atoms with van der Waals surface area (Å²) >= 11 is 3.32. The molecular formula is C11H11BrN4O. The number of carbonyl (C=O) groups excluding carboxylic acids is 1. The molecule has 0 N–H and O–H groups in total. The minimum atomic E-state index is -0.233. The first-order chi connectivity index (χ1) is 8.11. The smallest absolute Gasteiger partial charge is 0.249 e. The van der Waals surface area contributed by atoms with Crippen LogP contribution in [0.4, 0.5) is 0 Å². The lowest BCUT2D eigenvalue weighted by Gasteiger charge is -2.09. The maximum Gasteiger partial charge on any atom is 0.249 e. The quantitative estimate of drug-likeness (QED) is 0.815. The highest BCUT2D eigenvalue weighted by molar-refractivity contribution is 9.10. The number of halogens is 1. The largest absolute Gasteiger partial charge is 0.283 e. The van der Waals surface area contributed by atoms with Crippen molar-refractivity contribution >= 4 is 21.7 Å². The minimum absolute atomic E-state index is 0.101. The maximum absolute atomic E-state index is 12.2. The molecule has 88 valence electrons. The van der Waals surface area contributed by atoms with Gasteiger partial charge < -0.3 is 0 Å². The van der Waals surface area contributed by atoms with Crippen LogP contribution in [0.2, 0.25) is 0 Å². The normalized spacial score (nSPS) is 10.8. The van der Waals surface area contributed by atoms with Gasteiger partial charge in [0.2, 0.25) is 11.6 Å². The zero-order valence-electron chi connectivity index (χ0n) is 9.46. The highest BCUT2D eigenvalue weighted by Crippen LogP contribution is 2.21. The van der Waals surface area contributed by atoms with Crippen molar-refractivity contribution in [2.75, 3.05) is 0 Å². The van der Waals surface area contributed by atoms with E-state index in [1.165, 1.54) is 0 Å². The molecule has 0 aliphatic carbocycles. The third-order valence-electron chi connectivity index (χ3n) is 2.22. The summed E-state index contributed by atoms with van der Waals surface area (Å²) in [6, 6.07) is 1.77. The number of hydrogen-bond acceptors (Lipinski definition) is 4. The molecule has 2 rings (SSSR count). The molecule has 0 spiro atoms. The molecule has 0 saturated carbocycles. The second-order valence-electron chi connectivity index (χ2n) is 3.78. The minimum Gasteiger partial charge on any atom is -0.283 e. The Bertz CT molecular complexity index is 536. The van der Waals surface area contributed by atoms with Crippen molar-refractivity contribution < 1.29 is 4.79 Å². The summed E-state index contributed by atoms with van der Waals surface area (Å²) in [4.78, 5) is 20.1. The number of aromatic nitrogens is 4. The highest BCUT2D eigenvalue weighted by atomic mass is 79.9. The summed E-state index contributed by atoms with van der Waals surface area (Å²) < 4.78 is 2.31. The zero-order chi connectivity index (χ0) is 12.4. The zero-order valence-corrected chi connectivity index (χ0v) is 11.0. The van der Waals surface area contributed by atoms with Gasteiger partial charge in [-0.1, -0.05) is 0 Å². The Morgan fingerprint density at radius 2 is 2.00 bits per heavy atom. The molecule has 0 bridgehead atoms. The van der Waals surface area contributed by atoms with Crippen LogP contribution in [0.5, 0.6) is 0 Å². The van der Waals surface area contributed by atoms with Gasteiger partial charge in [0, 0.05) is 18.4 Å². The average Bonchev–Trinajstić information content (AvgIpc) is 2.71. The molecule has 0 radical (unpaired) electrons. The number of rotatable bonds is 3. The van der Waals surface area contributed by atoms with Crippen LogP contribution in [-0.4, -0.2) is 25.5 Å². The molecule has 0 aliphatic rings. The summed E-state index contributed by atoms with van der Waals surface area (Å²) in [5.41, 5.74) is 0.478. The standard InChI is InChI=1S/C11H11BrN4O/c1-7(2)16-9(8(12)6-15-16)10(17)11-13-4-3-5-14-11/h3-7H,1-2H3. The Labute approximate surface area is 107 Å². The summed E-state index contributed by atoms with van der Waals surface area (Å²) in [6.07, 6.45) is 4.70. The number of hydrogen-bond donors (Lipinski definition) is 0. The highest BCUT2D eigenvalue weighted by Gasteiger charge is 2.21. The van der Waals surface area contributed by atoms with Crippen molar-refractivity contribution in [3.05, 3.63) is 40.6 Å². The summed E-state index contributed by atoms with van der Waals surface area (Å²) in [7, 11) is 0. The van der Waals surface area contributed by atoms with E-state index in [2.05, 4.69) is 31.0 Å². The van der Waals surface area contributed by atoms with Gasteiger partial charge in [0.05, 0.1) is 10.7 Å². The molecule has 2 aromatic rings. The van der Waals surface area contributed by atoms with Crippen LogP contribution in [-0.2, 0) is 0 Å². The lowest BCUT2D eigenvalue weighted by atomic mass is 10.2. The van der Waals surface area contributed by atoms with E-state index < -0.39 is 0 Å². The van der Waals surface area contributed by atoms with Gasteiger partial charge in [-0.3, -0.25) is 9.48 Å². The van der Waals surface area contributed by atoms with Crippen LogP contribution in [0.1, 0.15) is 36.2 Å². The van der Waals surface area contributed by atoms with E-state index in [4.69, 9.17) is 0 Å². The molecule has 17 heavy (non-hydrogen) atoms. The molecule has 6 heteroatoms. The Morgan fingerprint density at radius 3 is 2.59 bits per heavy atom. The van der Waals surface area contributed by atoms with Crippen molar-refractivity contribution in [2.24, 2.45) is 0 Å². The number of ketones is 1. The monoisotopic (exact) mass is 294 g/mol. The molecule has 0 unspecified atom stereocenters. The summed E-state index contributed by atoms with van der Waals surface area (Å²) in [5, 5.41) is 4.16. The fourth-order valence-corrected chi connectivity index (χ4v) is 1.92. The number of carbonyl (C=O) groups is 1. The molecule has 0 saturated heterocycles. The lowest BCUT2D eigenvalue weighted by molar-refractivity contribution is 0.101. The Balaban J connectivity index is 2.48. The van der Waals surface area contributed by atoms with Crippen LogP contribution in [0.25, 0.3) is 0 Å². The predicted octanol–water partition coefficient (Wildman–Crippen LogP) is 2.25. The maximum atomic E-state index is 12.2.